The summed E-state index contributed by atoms with van der Waals surface area (Å²) in [6.45, 7) is 0.957. The molecule has 0 fully saturated rings. The van der Waals surface area contributed by atoms with Crippen LogP contribution in [0, 0.1) is 5.82 Å². The maximum absolute atomic E-state index is 13.2. The first kappa shape index (κ1) is 12.5. The molecule has 2 N–H and O–H groups in total. The van der Waals surface area contributed by atoms with E-state index in [-0.39, 0.29) is 12.4 Å². The largest absolute Gasteiger partial charge is 0.396 e. The minimum atomic E-state index is -0.236. The third-order valence-corrected chi connectivity index (χ3v) is 2.57. The van der Waals surface area contributed by atoms with E-state index in [1.807, 2.05) is 0 Å². The molecule has 0 heterocycles. The number of nitrogens with one attached hydrogen (secondary N) is 1. The number of anilines is 1. The normalized spacial score (nSPS) is 10.3. The molecule has 0 atom stereocenters. The van der Waals surface area contributed by atoms with Crippen LogP contribution in [0.3, 0.4) is 0 Å². The molecule has 1 rings (SSSR count). The number of unbranched alkanes of at least 4 members (excludes halogenated alkanes) is 2. The highest BCUT2D eigenvalue weighted by Crippen LogP contribution is 2.19. The Morgan fingerprint density at radius 2 is 2.07 bits per heavy atom. The Morgan fingerprint density at radius 1 is 1.27 bits per heavy atom. The lowest BCUT2D eigenvalue weighted by atomic mass is 10.2. The summed E-state index contributed by atoms with van der Waals surface area (Å²) in [5.41, 5.74) is 0.522. The summed E-state index contributed by atoms with van der Waals surface area (Å²) in [6, 6.07) is 4.83. The molecule has 0 amide bonds. The Labute approximate surface area is 97.6 Å². The van der Waals surface area contributed by atoms with Crippen LogP contribution in [-0.2, 0) is 0 Å². The number of aliphatic hydroxyl groups excluding tert-OH is 1. The molecule has 1 aromatic carbocycles. The summed E-state index contributed by atoms with van der Waals surface area (Å²) in [7, 11) is 0. The van der Waals surface area contributed by atoms with Crippen molar-refractivity contribution < 1.29 is 9.50 Å². The molecular weight excluding hydrogens is 261 g/mol. The van der Waals surface area contributed by atoms with Crippen LogP contribution in [0.5, 0.6) is 0 Å². The third-order valence-electron chi connectivity index (χ3n) is 2.08. The van der Waals surface area contributed by atoms with Gasteiger partial charge >= 0.3 is 0 Å². The van der Waals surface area contributed by atoms with Gasteiger partial charge in [0.05, 0.1) is 5.69 Å². The van der Waals surface area contributed by atoms with Gasteiger partial charge in [0.1, 0.15) is 5.82 Å². The Bertz CT molecular complexity index is 307. The molecule has 0 saturated heterocycles. The fourth-order valence-electron chi connectivity index (χ4n) is 1.27. The number of rotatable bonds is 6. The maximum atomic E-state index is 13.2. The number of aliphatic hydroxyl groups is 1. The molecule has 0 spiro atoms. The lowest BCUT2D eigenvalue weighted by molar-refractivity contribution is 0.283. The first-order valence-corrected chi connectivity index (χ1v) is 5.83. The lowest BCUT2D eigenvalue weighted by Gasteiger charge is -2.07. The van der Waals surface area contributed by atoms with Crippen molar-refractivity contribution in [3.05, 3.63) is 28.5 Å². The minimum absolute atomic E-state index is 0.227. The van der Waals surface area contributed by atoms with Crippen LogP contribution in [0.15, 0.2) is 22.7 Å². The molecule has 84 valence electrons. The number of halogens is 2. The van der Waals surface area contributed by atoms with Crippen LogP contribution < -0.4 is 5.32 Å². The lowest BCUT2D eigenvalue weighted by Crippen LogP contribution is -2.03. The molecule has 1 aromatic rings. The zero-order valence-corrected chi connectivity index (χ0v) is 10.1. The first-order valence-electron chi connectivity index (χ1n) is 5.04. The monoisotopic (exact) mass is 275 g/mol. The standard InChI is InChI=1S/C11H15BrFNO/c12-9-4-5-10(13)11(8-9)14-6-2-1-3-7-15/h4-5,8,14-15H,1-3,6-7H2. The van der Waals surface area contributed by atoms with Gasteiger partial charge in [0, 0.05) is 17.6 Å². The quantitative estimate of drug-likeness (QED) is 0.782. The van der Waals surface area contributed by atoms with Gasteiger partial charge in [-0.05, 0) is 37.5 Å². The van der Waals surface area contributed by atoms with E-state index >= 15 is 0 Å². The summed E-state index contributed by atoms with van der Waals surface area (Å²) in [5, 5.41) is 11.6. The van der Waals surface area contributed by atoms with Gasteiger partial charge in [0.25, 0.3) is 0 Å². The zero-order valence-electron chi connectivity index (χ0n) is 8.47. The Morgan fingerprint density at radius 3 is 2.80 bits per heavy atom. The fourth-order valence-corrected chi connectivity index (χ4v) is 1.63. The van der Waals surface area contributed by atoms with E-state index in [0.717, 1.165) is 30.3 Å². The van der Waals surface area contributed by atoms with Crippen molar-refractivity contribution in [3.63, 3.8) is 0 Å². The van der Waals surface area contributed by atoms with E-state index in [1.165, 1.54) is 6.07 Å². The van der Waals surface area contributed by atoms with Crippen LogP contribution >= 0.6 is 15.9 Å². The zero-order chi connectivity index (χ0) is 11.1. The summed E-state index contributed by atoms with van der Waals surface area (Å²) < 4.78 is 14.1. The molecule has 0 radical (unpaired) electrons. The van der Waals surface area contributed by atoms with Crippen molar-refractivity contribution in [1.29, 1.82) is 0 Å². The molecule has 0 aliphatic carbocycles. The molecule has 0 aromatic heterocycles. The number of benzene rings is 1. The van der Waals surface area contributed by atoms with Crippen molar-refractivity contribution in [1.82, 2.24) is 0 Å². The highest BCUT2D eigenvalue weighted by molar-refractivity contribution is 9.10. The van der Waals surface area contributed by atoms with E-state index in [1.54, 1.807) is 12.1 Å². The molecule has 0 aliphatic rings. The average molecular weight is 276 g/mol. The number of hydrogen-bond donors (Lipinski definition) is 2. The molecule has 15 heavy (non-hydrogen) atoms. The summed E-state index contributed by atoms with van der Waals surface area (Å²) in [6.07, 6.45) is 2.70. The second-order valence-electron chi connectivity index (χ2n) is 3.34. The Balaban J connectivity index is 2.33. The molecule has 0 saturated carbocycles. The van der Waals surface area contributed by atoms with Gasteiger partial charge < -0.3 is 10.4 Å². The number of hydrogen-bond acceptors (Lipinski definition) is 2. The Hall–Kier alpha value is -0.610. The predicted molar refractivity (Wildman–Crippen MR) is 63.5 cm³/mol. The van der Waals surface area contributed by atoms with E-state index in [9.17, 15) is 4.39 Å². The van der Waals surface area contributed by atoms with Crippen LogP contribution in [-0.4, -0.2) is 18.3 Å². The van der Waals surface area contributed by atoms with Crippen molar-refractivity contribution in [2.24, 2.45) is 0 Å². The SMILES string of the molecule is OCCCCCNc1cc(Br)ccc1F. The highest BCUT2D eigenvalue weighted by Gasteiger charge is 2.01. The van der Waals surface area contributed by atoms with Gasteiger partial charge in [-0.15, -0.1) is 0 Å². The summed E-state index contributed by atoms with van der Waals surface area (Å²) in [4.78, 5) is 0. The van der Waals surface area contributed by atoms with Crippen LogP contribution in [0.25, 0.3) is 0 Å². The van der Waals surface area contributed by atoms with Crippen LogP contribution in [0.1, 0.15) is 19.3 Å². The van der Waals surface area contributed by atoms with Crippen molar-refractivity contribution >= 4 is 21.6 Å². The van der Waals surface area contributed by atoms with E-state index in [2.05, 4.69) is 21.2 Å². The van der Waals surface area contributed by atoms with E-state index in [0.29, 0.717) is 5.69 Å². The second kappa shape index (κ2) is 6.80. The molecular formula is C11H15BrFNO. The topological polar surface area (TPSA) is 32.3 Å². The smallest absolute Gasteiger partial charge is 0.146 e. The van der Waals surface area contributed by atoms with Gasteiger partial charge in [-0.25, -0.2) is 4.39 Å². The van der Waals surface area contributed by atoms with Gasteiger partial charge in [-0.2, -0.15) is 0 Å². The highest BCUT2D eigenvalue weighted by atomic mass is 79.9. The summed E-state index contributed by atoms with van der Waals surface area (Å²) in [5.74, 6) is -0.236. The molecule has 0 aliphatic heterocycles. The molecule has 4 heteroatoms. The fraction of sp³-hybridized carbons (Fsp3) is 0.455. The van der Waals surface area contributed by atoms with Crippen molar-refractivity contribution in [3.8, 4) is 0 Å². The third kappa shape index (κ3) is 4.62. The van der Waals surface area contributed by atoms with Crippen LogP contribution in [0.4, 0.5) is 10.1 Å². The second-order valence-corrected chi connectivity index (χ2v) is 4.25. The van der Waals surface area contributed by atoms with E-state index < -0.39 is 0 Å². The minimum Gasteiger partial charge on any atom is -0.396 e. The van der Waals surface area contributed by atoms with Crippen molar-refractivity contribution in [2.75, 3.05) is 18.5 Å². The van der Waals surface area contributed by atoms with Gasteiger partial charge in [0.2, 0.25) is 0 Å². The van der Waals surface area contributed by atoms with Gasteiger partial charge in [0.15, 0.2) is 0 Å². The predicted octanol–water partition coefficient (Wildman–Crippen LogP) is 3.16. The summed E-state index contributed by atoms with van der Waals surface area (Å²) >= 11 is 3.29. The molecule has 0 unspecified atom stereocenters. The maximum Gasteiger partial charge on any atom is 0.146 e. The van der Waals surface area contributed by atoms with Crippen molar-refractivity contribution in [2.45, 2.75) is 19.3 Å². The first-order chi connectivity index (χ1) is 7.24. The average Bonchev–Trinajstić information content (AvgIpc) is 2.23. The Kier molecular flexibility index (Phi) is 5.65. The van der Waals surface area contributed by atoms with E-state index in [4.69, 9.17) is 5.11 Å². The van der Waals surface area contributed by atoms with Gasteiger partial charge in [-0.3, -0.25) is 0 Å². The van der Waals surface area contributed by atoms with Crippen LogP contribution in [0.2, 0.25) is 0 Å². The molecule has 0 bridgehead atoms. The molecule has 2 nitrogen and oxygen atoms in total. The van der Waals surface area contributed by atoms with Gasteiger partial charge in [-0.1, -0.05) is 15.9 Å².